The molecule has 6 nitrogen and oxygen atoms in total. The summed E-state index contributed by atoms with van der Waals surface area (Å²) in [7, 11) is 1.28. The van der Waals surface area contributed by atoms with Crippen molar-refractivity contribution >= 4 is 11.8 Å². The number of alkyl halides is 2. The summed E-state index contributed by atoms with van der Waals surface area (Å²) in [4.78, 5) is 16.9. The Hall–Kier alpha value is -2.84. The van der Waals surface area contributed by atoms with Gasteiger partial charge in [-0.3, -0.25) is 10.1 Å². The van der Waals surface area contributed by atoms with Gasteiger partial charge in [-0.15, -0.1) is 0 Å². The zero-order chi connectivity index (χ0) is 19.8. The van der Waals surface area contributed by atoms with Crippen LogP contribution in [0.4, 0.5) is 13.2 Å². The van der Waals surface area contributed by atoms with Crippen molar-refractivity contribution in [1.82, 2.24) is 15.3 Å². The second kappa shape index (κ2) is 6.47. The van der Waals surface area contributed by atoms with Crippen LogP contribution in [0.2, 0.25) is 1.41 Å². The molecule has 0 amide bonds. The lowest BCUT2D eigenvalue weighted by molar-refractivity contribution is 0.0370. The van der Waals surface area contributed by atoms with Gasteiger partial charge in [-0.25, -0.2) is 23.4 Å². The maximum Gasteiger partial charge on any atom is 0.383 e. The van der Waals surface area contributed by atoms with E-state index in [1.165, 1.54) is 13.1 Å². The van der Waals surface area contributed by atoms with E-state index in [0.717, 1.165) is 10.7 Å². The lowest BCUT2D eigenvalue weighted by atomic mass is 9.90. The molecule has 26 heavy (non-hydrogen) atoms. The van der Waals surface area contributed by atoms with E-state index >= 15 is 0 Å². The third-order valence-corrected chi connectivity index (χ3v) is 4.49. The Bertz CT molecular complexity index is 889. The SMILES string of the molecule is [H]/N=C(\NOC(=O)c1cc(C(F)F)n(C)n1)C1(c2c(C)cccc2F)CC1. The van der Waals surface area contributed by atoms with E-state index < -0.39 is 29.3 Å². The van der Waals surface area contributed by atoms with Gasteiger partial charge in [-0.1, -0.05) is 12.1 Å². The molecule has 0 radical (unpaired) electrons. The second-order valence-corrected chi connectivity index (χ2v) is 6.23. The van der Waals surface area contributed by atoms with Crippen molar-refractivity contribution in [2.24, 2.45) is 7.05 Å². The minimum absolute atomic E-state index is 0.0333. The van der Waals surface area contributed by atoms with Crippen molar-refractivity contribution in [3.63, 3.8) is 0 Å². The monoisotopic (exact) mass is 366 g/mol. The summed E-state index contributed by atoms with van der Waals surface area (Å²) < 4.78 is 48.2. The molecule has 0 spiro atoms. The zero-order valence-corrected chi connectivity index (χ0v) is 14.1. The largest absolute Gasteiger partial charge is 0.383 e. The van der Waals surface area contributed by atoms with Crippen molar-refractivity contribution in [2.45, 2.75) is 31.6 Å². The van der Waals surface area contributed by atoms with Crippen LogP contribution >= 0.6 is 0 Å². The van der Waals surface area contributed by atoms with E-state index in [0.29, 0.717) is 24.0 Å². The Morgan fingerprint density at radius 3 is 2.77 bits per heavy atom. The van der Waals surface area contributed by atoms with Crippen molar-refractivity contribution in [2.75, 3.05) is 0 Å². The van der Waals surface area contributed by atoms with Crippen molar-refractivity contribution in [3.8, 4) is 0 Å². The lowest BCUT2D eigenvalue weighted by Gasteiger charge is -2.20. The number of aryl methyl sites for hydroxylation is 2. The smallest absolute Gasteiger partial charge is 0.335 e. The molecule has 1 aromatic carbocycles. The molecule has 0 saturated heterocycles. The van der Waals surface area contributed by atoms with E-state index in [2.05, 4.69) is 16.0 Å². The molecule has 2 N–H and O–H groups in total. The highest BCUT2D eigenvalue weighted by atomic mass is 19.3. The van der Waals surface area contributed by atoms with E-state index in [9.17, 15) is 18.0 Å². The number of aromatic nitrogens is 2. The molecule has 1 fully saturated rings. The number of nitrogens with one attached hydrogen (secondary N) is 2. The summed E-state index contributed by atoms with van der Waals surface area (Å²) in [6.45, 7) is 1.74. The van der Waals surface area contributed by atoms with Crippen molar-refractivity contribution < 1.29 is 24.2 Å². The zero-order valence-electron chi connectivity index (χ0n) is 15.1. The molecular formula is C17H17F3N4O2. The van der Waals surface area contributed by atoms with Crippen LogP contribution in [0, 0.1) is 18.1 Å². The van der Waals surface area contributed by atoms with Crippen molar-refractivity contribution in [3.05, 3.63) is 52.6 Å². The Morgan fingerprint density at radius 2 is 2.23 bits per heavy atom. The first-order valence-corrected chi connectivity index (χ1v) is 7.87. The average molecular weight is 366 g/mol. The van der Waals surface area contributed by atoms with Crippen LogP contribution in [0.3, 0.4) is 0 Å². The summed E-state index contributed by atoms with van der Waals surface area (Å²) in [5.74, 6) is -1.48. The normalized spacial score (nSPS) is 16.4. The molecule has 0 bridgehead atoms. The van der Waals surface area contributed by atoms with Gasteiger partial charge in [0.2, 0.25) is 0 Å². The topological polar surface area (TPSA) is 80.0 Å². The fourth-order valence-corrected chi connectivity index (χ4v) is 3.00. The fourth-order valence-electron chi connectivity index (χ4n) is 3.00. The molecule has 1 aliphatic carbocycles. The second-order valence-electron chi connectivity index (χ2n) is 6.23. The minimum Gasteiger partial charge on any atom is -0.335 e. The van der Waals surface area contributed by atoms with Crippen LogP contribution in [-0.2, 0) is 17.3 Å². The van der Waals surface area contributed by atoms with E-state index in [-0.39, 0.29) is 11.5 Å². The third kappa shape index (κ3) is 3.04. The first-order valence-electron chi connectivity index (χ1n) is 8.32. The van der Waals surface area contributed by atoms with E-state index in [4.69, 9.17) is 6.25 Å². The van der Waals surface area contributed by atoms with Gasteiger partial charge in [0.1, 0.15) is 17.3 Å². The van der Waals surface area contributed by atoms with Crippen LogP contribution in [0.1, 0.15) is 46.6 Å². The quantitative estimate of drug-likeness (QED) is 0.495. The lowest BCUT2D eigenvalue weighted by Crippen LogP contribution is -2.36. The fraction of sp³-hybridized carbons (Fsp3) is 0.353. The van der Waals surface area contributed by atoms with Crippen molar-refractivity contribution in [1.29, 1.82) is 5.40 Å². The molecule has 2 aromatic rings. The molecule has 0 aliphatic heterocycles. The summed E-state index contributed by atoms with van der Waals surface area (Å²) in [6, 6.07) is 5.55. The van der Waals surface area contributed by atoms with Gasteiger partial charge in [0.15, 0.2) is 7.11 Å². The number of carbonyl (C=O) groups excluding carboxylic acids is 1. The molecular weight excluding hydrogens is 349 g/mol. The molecule has 0 atom stereocenters. The maximum atomic E-state index is 14.3. The molecule has 1 aliphatic rings. The molecule has 1 heterocycles. The highest BCUT2D eigenvalue weighted by molar-refractivity contribution is 5.95. The third-order valence-electron chi connectivity index (χ3n) is 4.49. The Balaban J connectivity index is 1.77. The van der Waals surface area contributed by atoms with Gasteiger partial charge in [-0.05, 0) is 31.4 Å². The van der Waals surface area contributed by atoms with Crippen LogP contribution < -0.4 is 5.48 Å². The highest BCUT2D eigenvalue weighted by Crippen LogP contribution is 2.50. The number of amidine groups is 1. The van der Waals surface area contributed by atoms with Crippen LogP contribution in [0.5, 0.6) is 0 Å². The number of halogens is 3. The van der Waals surface area contributed by atoms with Gasteiger partial charge >= 0.3 is 5.97 Å². The van der Waals surface area contributed by atoms with Gasteiger partial charge in [-0.2, -0.15) is 5.10 Å². The Kier molecular flexibility index (Phi) is 4.14. The average Bonchev–Trinajstić information content (AvgIpc) is 3.29. The first-order chi connectivity index (χ1) is 12.8. The summed E-state index contributed by atoms with van der Waals surface area (Å²) in [5, 5.41) is 7.04. The number of hydroxylamine groups is 1. The molecule has 3 rings (SSSR count). The molecule has 0 unspecified atom stereocenters. The summed E-state index contributed by atoms with van der Waals surface area (Å²) >= 11 is 0. The Labute approximate surface area is 148 Å². The molecule has 138 valence electrons. The Morgan fingerprint density at radius 1 is 1.50 bits per heavy atom. The van der Waals surface area contributed by atoms with Crippen LogP contribution in [-0.4, -0.2) is 21.6 Å². The molecule has 1 aromatic heterocycles. The van der Waals surface area contributed by atoms with Gasteiger partial charge in [0.25, 0.3) is 6.43 Å². The summed E-state index contributed by atoms with van der Waals surface area (Å²) in [6.07, 6.45) is -1.74. The van der Waals surface area contributed by atoms with Gasteiger partial charge in [0.05, 0.1) is 5.41 Å². The van der Waals surface area contributed by atoms with Gasteiger partial charge < -0.3 is 4.84 Å². The van der Waals surface area contributed by atoms with Gasteiger partial charge in [0, 0.05) is 18.7 Å². The number of hydrogen-bond acceptors (Lipinski definition) is 4. The first kappa shape index (κ1) is 16.6. The highest BCUT2D eigenvalue weighted by Gasteiger charge is 2.51. The predicted molar refractivity (Wildman–Crippen MR) is 86.5 cm³/mol. The van der Waals surface area contributed by atoms with E-state index in [1.54, 1.807) is 19.1 Å². The number of rotatable bonds is 4. The van der Waals surface area contributed by atoms with Crippen LogP contribution in [0.15, 0.2) is 24.3 Å². The summed E-state index contributed by atoms with van der Waals surface area (Å²) in [5.41, 5.74) is 1.73. The maximum absolute atomic E-state index is 14.3. The molecule has 9 heteroatoms. The van der Waals surface area contributed by atoms with E-state index in [1.807, 2.05) is 0 Å². The van der Waals surface area contributed by atoms with Crippen LogP contribution in [0.25, 0.3) is 0 Å². The number of hydrogen-bond donors (Lipinski definition) is 2. The number of nitrogens with zero attached hydrogens (tertiary/aromatic N) is 2. The predicted octanol–water partition coefficient (Wildman–Crippen LogP) is 3.18. The standard InChI is InChI=1S/C17H17F3N4O2/c1-9-4-3-5-10(18)13(9)17(6-7-17)16(21)23-26-15(25)11-8-12(14(19)20)24(2)22-11/h3-5,8,14H,6-7H2,1-2H3,(H2,21,23). The number of carbonyl (C=O) groups is 1. The number of benzene rings is 1. The minimum atomic E-state index is -2.79. The molecule has 1 saturated carbocycles.